The van der Waals surface area contributed by atoms with Gasteiger partial charge >= 0.3 is 5.97 Å². The zero-order valence-corrected chi connectivity index (χ0v) is 7.58. The molecule has 0 radical (unpaired) electrons. The van der Waals surface area contributed by atoms with Crippen molar-refractivity contribution in [2.24, 2.45) is 0 Å². The van der Waals surface area contributed by atoms with Gasteiger partial charge in [-0.05, 0) is 12.1 Å². The second-order valence-electron chi connectivity index (χ2n) is 2.53. The summed E-state index contributed by atoms with van der Waals surface area (Å²) in [5.74, 6) is -1.86. The lowest BCUT2D eigenvalue weighted by molar-refractivity contribution is -0.134. The molecule has 1 aromatic rings. The molecule has 1 rings (SSSR count). The lowest BCUT2D eigenvalue weighted by atomic mass is 10.4. The van der Waals surface area contributed by atoms with Crippen molar-refractivity contribution in [1.29, 1.82) is 4.78 Å². The Morgan fingerprint density at radius 1 is 1.38 bits per heavy atom. The van der Waals surface area contributed by atoms with Crippen LogP contribution in [-0.4, -0.2) is 21.0 Å². The van der Waals surface area contributed by atoms with Crippen LogP contribution in [0.2, 0.25) is 0 Å². The summed E-state index contributed by atoms with van der Waals surface area (Å²) in [5, 5.41) is 8.41. The molecule has 0 saturated carbocycles. The lowest BCUT2D eigenvalue weighted by Gasteiger charge is -2.02. The van der Waals surface area contributed by atoms with Crippen LogP contribution in [0.25, 0.3) is 0 Å². The fraction of sp³-hybridized carbons (Fsp3) is 0.125. The Hall–Kier alpha value is -1.36. The van der Waals surface area contributed by atoms with Crippen molar-refractivity contribution in [2.45, 2.75) is 4.90 Å². The third-order valence-electron chi connectivity index (χ3n) is 1.45. The van der Waals surface area contributed by atoms with E-state index in [1.807, 2.05) is 0 Å². The van der Waals surface area contributed by atoms with Crippen molar-refractivity contribution >= 4 is 15.7 Å². The van der Waals surface area contributed by atoms with Crippen molar-refractivity contribution in [1.82, 2.24) is 0 Å². The maximum absolute atomic E-state index is 11.5. The molecule has 0 saturated heterocycles. The Morgan fingerprint density at radius 3 is 2.38 bits per heavy atom. The van der Waals surface area contributed by atoms with Crippen LogP contribution in [0.1, 0.15) is 0 Å². The van der Waals surface area contributed by atoms with E-state index in [0.717, 1.165) is 0 Å². The number of benzene rings is 1. The molecule has 0 bridgehead atoms. The summed E-state index contributed by atoms with van der Waals surface area (Å²) >= 11 is 0. The van der Waals surface area contributed by atoms with Gasteiger partial charge in [-0.15, -0.1) is 0 Å². The minimum absolute atomic E-state index is 0.261. The Balaban J connectivity index is 3.02. The number of nitrogens with one attached hydrogen (secondary N) is 1. The van der Waals surface area contributed by atoms with Crippen LogP contribution in [0.5, 0.6) is 0 Å². The molecule has 4 nitrogen and oxygen atoms in total. The van der Waals surface area contributed by atoms with E-state index in [-0.39, 0.29) is 4.90 Å². The van der Waals surface area contributed by atoms with E-state index in [1.54, 1.807) is 18.2 Å². The molecule has 70 valence electrons. The van der Waals surface area contributed by atoms with E-state index in [2.05, 4.69) is 0 Å². The van der Waals surface area contributed by atoms with Crippen LogP contribution in [0.4, 0.5) is 0 Å². The predicted molar refractivity (Wildman–Crippen MR) is 48.1 cm³/mol. The van der Waals surface area contributed by atoms with Gasteiger partial charge in [0.1, 0.15) is 5.75 Å². The largest absolute Gasteiger partial charge is 0.481 e. The van der Waals surface area contributed by atoms with Gasteiger partial charge < -0.3 is 5.11 Å². The average molecular weight is 199 g/mol. The van der Waals surface area contributed by atoms with Crippen molar-refractivity contribution < 1.29 is 14.1 Å². The van der Waals surface area contributed by atoms with E-state index in [0.29, 0.717) is 0 Å². The van der Waals surface area contributed by atoms with Crippen LogP contribution in [0.15, 0.2) is 35.2 Å². The highest BCUT2D eigenvalue weighted by Gasteiger charge is 2.13. The number of aliphatic carboxylic acids is 1. The molecule has 0 fully saturated rings. The highest BCUT2D eigenvalue weighted by molar-refractivity contribution is 7.93. The van der Waals surface area contributed by atoms with Gasteiger partial charge in [-0.25, -0.2) is 8.99 Å². The Bertz CT molecular complexity index is 397. The van der Waals surface area contributed by atoms with Crippen molar-refractivity contribution in [3.8, 4) is 0 Å². The first kappa shape index (κ1) is 9.73. The minimum atomic E-state index is -3.16. The van der Waals surface area contributed by atoms with Crippen LogP contribution >= 0.6 is 0 Å². The van der Waals surface area contributed by atoms with E-state index < -0.39 is 21.5 Å². The van der Waals surface area contributed by atoms with E-state index >= 15 is 0 Å². The zero-order chi connectivity index (χ0) is 9.90. The average Bonchev–Trinajstić information content (AvgIpc) is 2.04. The Morgan fingerprint density at radius 2 is 1.92 bits per heavy atom. The van der Waals surface area contributed by atoms with Gasteiger partial charge in [-0.2, -0.15) is 0 Å². The molecule has 0 aliphatic heterocycles. The van der Waals surface area contributed by atoms with E-state index in [4.69, 9.17) is 9.89 Å². The van der Waals surface area contributed by atoms with Gasteiger partial charge in [-0.1, -0.05) is 18.2 Å². The maximum Gasteiger partial charge on any atom is 0.317 e. The Kier molecular flexibility index (Phi) is 2.67. The molecule has 0 heterocycles. The molecule has 0 aromatic heterocycles. The number of rotatable bonds is 3. The smallest absolute Gasteiger partial charge is 0.317 e. The number of carbonyl (C=O) groups is 1. The zero-order valence-electron chi connectivity index (χ0n) is 6.77. The van der Waals surface area contributed by atoms with Crippen molar-refractivity contribution in [3.05, 3.63) is 30.3 Å². The highest BCUT2D eigenvalue weighted by atomic mass is 32.2. The topological polar surface area (TPSA) is 78.2 Å². The molecule has 0 spiro atoms. The van der Waals surface area contributed by atoms with Gasteiger partial charge in [0.15, 0.2) is 0 Å². The number of carboxylic acid groups (broad SMARTS) is 1. The van der Waals surface area contributed by atoms with Crippen LogP contribution < -0.4 is 0 Å². The number of hydrogen-bond donors (Lipinski definition) is 2. The monoisotopic (exact) mass is 199 g/mol. The second-order valence-corrected chi connectivity index (χ2v) is 4.64. The second kappa shape index (κ2) is 3.57. The SMILES string of the molecule is N=S(=O)(CC(=O)O)c1ccccc1. The predicted octanol–water partition coefficient (Wildman–Crippen LogP) is 1.18. The fourth-order valence-corrected chi connectivity index (χ4v) is 2.01. The van der Waals surface area contributed by atoms with Crippen molar-refractivity contribution in [2.75, 3.05) is 5.75 Å². The van der Waals surface area contributed by atoms with E-state index in [1.165, 1.54) is 12.1 Å². The Labute approximate surface area is 76.2 Å². The molecule has 0 aliphatic carbocycles. The first-order chi connectivity index (χ1) is 6.02. The summed E-state index contributed by atoms with van der Waals surface area (Å²) in [6, 6.07) is 7.98. The first-order valence-corrected chi connectivity index (χ1v) is 5.28. The van der Waals surface area contributed by atoms with Gasteiger partial charge in [-0.3, -0.25) is 4.79 Å². The highest BCUT2D eigenvalue weighted by Crippen LogP contribution is 2.10. The quantitative estimate of drug-likeness (QED) is 0.767. The molecule has 1 atom stereocenters. The van der Waals surface area contributed by atoms with Crippen LogP contribution in [0, 0.1) is 4.78 Å². The number of hydrogen-bond acceptors (Lipinski definition) is 3. The van der Waals surface area contributed by atoms with Gasteiger partial charge in [0.25, 0.3) is 0 Å². The number of carboxylic acids is 1. The molecular weight excluding hydrogens is 190 g/mol. The van der Waals surface area contributed by atoms with Crippen molar-refractivity contribution in [3.63, 3.8) is 0 Å². The molecule has 0 amide bonds. The van der Waals surface area contributed by atoms with Crippen LogP contribution in [0.3, 0.4) is 0 Å². The summed E-state index contributed by atoms with van der Waals surface area (Å²) in [7, 11) is -3.16. The molecule has 2 N–H and O–H groups in total. The summed E-state index contributed by atoms with van der Waals surface area (Å²) in [5.41, 5.74) is 0. The molecule has 1 aromatic carbocycles. The molecule has 0 aliphatic rings. The fourth-order valence-electron chi connectivity index (χ4n) is 0.898. The molecule has 5 heteroatoms. The molecular formula is C8H9NO3S. The summed E-state index contributed by atoms with van der Waals surface area (Å²) < 4.78 is 18.8. The first-order valence-electron chi connectivity index (χ1n) is 3.56. The summed E-state index contributed by atoms with van der Waals surface area (Å²) in [4.78, 5) is 10.6. The molecule has 13 heavy (non-hydrogen) atoms. The maximum atomic E-state index is 11.5. The van der Waals surface area contributed by atoms with Crippen LogP contribution in [-0.2, 0) is 14.5 Å². The van der Waals surface area contributed by atoms with Gasteiger partial charge in [0.2, 0.25) is 0 Å². The summed E-state index contributed by atoms with van der Waals surface area (Å²) in [6.07, 6.45) is 0. The van der Waals surface area contributed by atoms with E-state index in [9.17, 15) is 9.00 Å². The van der Waals surface area contributed by atoms with Gasteiger partial charge in [0, 0.05) is 4.90 Å². The molecule has 1 unspecified atom stereocenters. The normalized spacial score (nSPS) is 14.8. The standard InChI is InChI=1S/C8H9NO3S/c9-13(12,6-8(10)11)7-4-2-1-3-5-7/h1-5,9H,6H2,(H,10,11). The lowest BCUT2D eigenvalue weighted by Crippen LogP contribution is -2.13. The minimum Gasteiger partial charge on any atom is -0.481 e. The third-order valence-corrected chi connectivity index (χ3v) is 3.14. The van der Waals surface area contributed by atoms with Gasteiger partial charge in [0.05, 0.1) is 9.73 Å². The third kappa shape index (κ3) is 2.55. The summed E-state index contributed by atoms with van der Waals surface area (Å²) in [6.45, 7) is 0.